The first-order valence-corrected chi connectivity index (χ1v) is 10.6. The summed E-state index contributed by atoms with van der Waals surface area (Å²) in [5, 5.41) is 7.25. The zero-order valence-corrected chi connectivity index (χ0v) is 17.8. The van der Waals surface area contributed by atoms with Crippen LogP contribution < -0.4 is 5.32 Å². The second kappa shape index (κ2) is 8.55. The Balaban J connectivity index is 1.28. The van der Waals surface area contributed by atoms with Crippen molar-refractivity contribution in [3.05, 3.63) is 48.0 Å². The topological polar surface area (TPSA) is 83.4 Å². The van der Waals surface area contributed by atoms with Crippen LogP contribution >= 0.6 is 0 Å². The molecule has 2 saturated heterocycles. The molecule has 160 valence electrons. The van der Waals surface area contributed by atoms with Gasteiger partial charge in [-0.3, -0.25) is 24.2 Å². The maximum Gasteiger partial charge on any atom is 0.244 e. The van der Waals surface area contributed by atoms with Gasteiger partial charge < -0.3 is 10.2 Å². The zero-order valence-electron chi connectivity index (χ0n) is 17.8. The molecule has 0 saturated carbocycles. The Kier molecular flexibility index (Phi) is 5.85. The molecule has 0 aromatic carbocycles. The average molecular weight is 411 g/mol. The minimum Gasteiger partial charge on any atom is -0.349 e. The van der Waals surface area contributed by atoms with Crippen LogP contribution in [0.3, 0.4) is 0 Å². The lowest BCUT2D eigenvalue weighted by Crippen LogP contribution is -2.45. The van der Waals surface area contributed by atoms with Crippen LogP contribution in [0.4, 0.5) is 0 Å². The van der Waals surface area contributed by atoms with Gasteiger partial charge in [-0.25, -0.2) is 0 Å². The number of aryl methyl sites for hydroxylation is 1. The van der Waals surface area contributed by atoms with E-state index in [-0.39, 0.29) is 23.3 Å². The maximum absolute atomic E-state index is 12.8. The summed E-state index contributed by atoms with van der Waals surface area (Å²) < 4.78 is 1.70. The van der Waals surface area contributed by atoms with Crippen molar-refractivity contribution in [2.45, 2.75) is 45.3 Å². The number of carbonyl (C=O) groups excluding carboxylic acids is 2. The average Bonchev–Trinajstić information content (AvgIpc) is 3.30. The van der Waals surface area contributed by atoms with E-state index >= 15 is 0 Å². The number of likely N-dealkylation sites (tertiary alicyclic amines) is 2. The highest BCUT2D eigenvalue weighted by Crippen LogP contribution is 2.42. The highest BCUT2D eigenvalue weighted by Gasteiger charge is 2.47. The first-order valence-electron chi connectivity index (χ1n) is 10.6. The van der Waals surface area contributed by atoms with Crippen molar-refractivity contribution in [1.82, 2.24) is 29.9 Å². The lowest BCUT2D eigenvalue weighted by Gasteiger charge is -2.39. The number of carbonyl (C=O) groups is 2. The first kappa shape index (κ1) is 20.5. The SMILES string of the molecule is Cc1cnn(CC(=O)N2CCC3(CC2)CC(C(=O)NCc2ccccn2)N(C)C3)c1. The van der Waals surface area contributed by atoms with Gasteiger partial charge in [-0.05, 0) is 56.3 Å². The molecule has 30 heavy (non-hydrogen) atoms. The number of nitrogens with zero attached hydrogens (tertiary/aromatic N) is 5. The molecule has 1 spiro atoms. The molecule has 1 unspecified atom stereocenters. The van der Waals surface area contributed by atoms with E-state index in [1.165, 1.54) is 0 Å². The van der Waals surface area contributed by atoms with Gasteiger partial charge in [0.05, 0.1) is 24.5 Å². The number of rotatable bonds is 5. The molecule has 4 rings (SSSR count). The van der Waals surface area contributed by atoms with Gasteiger partial charge in [0, 0.05) is 32.0 Å². The van der Waals surface area contributed by atoms with Crippen LogP contribution in [0.25, 0.3) is 0 Å². The van der Waals surface area contributed by atoms with Crippen molar-refractivity contribution in [2.24, 2.45) is 5.41 Å². The quantitative estimate of drug-likeness (QED) is 0.801. The molecule has 2 aliphatic heterocycles. The Bertz CT molecular complexity index is 888. The highest BCUT2D eigenvalue weighted by atomic mass is 16.2. The Morgan fingerprint density at radius 3 is 2.73 bits per heavy atom. The van der Waals surface area contributed by atoms with Gasteiger partial charge in [0.2, 0.25) is 11.8 Å². The molecule has 8 nitrogen and oxygen atoms in total. The molecule has 0 radical (unpaired) electrons. The molecule has 1 atom stereocenters. The normalized spacial score (nSPS) is 21.1. The third-order valence-corrected chi connectivity index (χ3v) is 6.45. The summed E-state index contributed by atoms with van der Waals surface area (Å²) in [5.74, 6) is 0.177. The smallest absolute Gasteiger partial charge is 0.244 e. The molecule has 2 aliphatic rings. The third-order valence-electron chi connectivity index (χ3n) is 6.45. The molecule has 2 fully saturated rings. The van der Waals surface area contributed by atoms with E-state index in [0.717, 1.165) is 50.2 Å². The number of hydrogen-bond acceptors (Lipinski definition) is 5. The lowest BCUT2D eigenvalue weighted by atomic mass is 9.76. The minimum atomic E-state index is -0.122. The lowest BCUT2D eigenvalue weighted by molar-refractivity contribution is -0.134. The monoisotopic (exact) mass is 410 g/mol. The van der Waals surface area contributed by atoms with Gasteiger partial charge in [-0.15, -0.1) is 0 Å². The van der Waals surface area contributed by atoms with Gasteiger partial charge >= 0.3 is 0 Å². The summed E-state index contributed by atoms with van der Waals surface area (Å²) in [6.45, 7) is 5.10. The Labute approximate surface area is 177 Å². The summed E-state index contributed by atoms with van der Waals surface area (Å²) in [4.78, 5) is 33.8. The molecule has 8 heteroatoms. The molecule has 0 aliphatic carbocycles. The van der Waals surface area contributed by atoms with Crippen LogP contribution in [-0.4, -0.2) is 69.1 Å². The maximum atomic E-state index is 12.8. The molecule has 2 amide bonds. The van der Waals surface area contributed by atoms with Crippen molar-refractivity contribution >= 4 is 11.8 Å². The molecule has 4 heterocycles. The Morgan fingerprint density at radius 1 is 1.27 bits per heavy atom. The molecular formula is C22H30N6O2. The predicted octanol–water partition coefficient (Wildman–Crippen LogP) is 1.22. The van der Waals surface area contributed by atoms with Crippen LogP contribution in [-0.2, 0) is 22.7 Å². The summed E-state index contributed by atoms with van der Waals surface area (Å²) in [6, 6.07) is 5.58. The molecular weight excluding hydrogens is 380 g/mol. The number of pyridine rings is 1. The number of piperidine rings is 1. The fourth-order valence-corrected chi connectivity index (χ4v) is 4.75. The molecule has 0 bridgehead atoms. The summed E-state index contributed by atoms with van der Waals surface area (Å²) in [6.07, 6.45) is 8.12. The van der Waals surface area contributed by atoms with Crippen LogP contribution in [0.5, 0.6) is 0 Å². The molecule has 2 aromatic rings. The van der Waals surface area contributed by atoms with Crippen molar-refractivity contribution in [2.75, 3.05) is 26.7 Å². The summed E-state index contributed by atoms with van der Waals surface area (Å²) >= 11 is 0. The predicted molar refractivity (Wildman–Crippen MR) is 112 cm³/mol. The van der Waals surface area contributed by atoms with Crippen molar-refractivity contribution in [1.29, 1.82) is 0 Å². The van der Waals surface area contributed by atoms with E-state index in [2.05, 4.69) is 20.3 Å². The van der Waals surface area contributed by atoms with Gasteiger partial charge in [-0.2, -0.15) is 5.10 Å². The van der Waals surface area contributed by atoms with E-state index in [1.54, 1.807) is 17.1 Å². The third kappa shape index (κ3) is 4.53. The van der Waals surface area contributed by atoms with Crippen LogP contribution in [0.15, 0.2) is 36.8 Å². The number of hydrogen-bond donors (Lipinski definition) is 1. The van der Waals surface area contributed by atoms with E-state index in [1.807, 2.05) is 43.3 Å². The van der Waals surface area contributed by atoms with Crippen molar-refractivity contribution in [3.8, 4) is 0 Å². The first-order chi connectivity index (χ1) is 14.4. The van der Waals surface area contributed by atoms with E-state index in [9.17, 15) is 9.59 Å². The fourth-order valence-electron chi connectivity index (χ4n) is 4.75. The van der Waals surface area contributed by atoms with Gasteiger partial charge in [-0.1, -0.05) is 6.07 Å². The van der Waals surface area contributed by atoms with E-state index in [0.29, 0.717) is 13.1 Å². The van der Waals surface area contributed by atoms with Gasteiger partial charge in [0.25, 0.3) is 0 Å². The largest absolute Gasteiger partial charge is 0.349 e. The van der Waals surface area contributed by atoms with Crippen LogP contribution in [0, 0.1) is 12.3 Å². The Hall–Kier alpha value is -2.74. The number of likely N-dealkylation sites (N-methyl/N-ethyl adjacent to an activating group) is 1. The second-order valence-electron chi connectivity index (χ2n) is 8.77. The fraction of sp³-hybridized carbons (Fsp3) is 0.545. The minimum absolute atomic E-state index is 0.0626. The van der Waals surface area contributed by atoms with E-state index < -0.39 is 0 Å². The van der Waals surface area contributed by atoms with E-state index in [4.69, 9.17) is 0 Å². The Morgan fingerprint density at radius 2 is 2.07 bits per heavy atom. The number of nitrogens with one attached hydrogen (secondary N) is 1. The van der Waals surface area contributed by atoms with Gasteiger partial charge in [0.15, 0.2) is 0 Å². The number of aromatic nitrogens is 3. The standard InChI is InChI=1S/C22H30N6O2/c1-17-12-25-28(14-17)15-20(29)27-9-6-22(7-10-27)11-19(26(2)16-22)21(30)24-13-18-5-3-4-8-23-18/h3-5,8,12,14,19H,6-7,9-11,13,15-16H2,1-2H3,(H,24,30). The highest BCUT2D eigenvalue weighted by molar-refractivity contribution is 5.82. The van der Waals surface area contributed by atoms with Crippen LogP contribution in [0.2, 0.25) is 0 Å². The number of amides is 2. The van der Waals surface area contributed by atoms with Gasteiger partial charge in [0.1, 0.15) is 6.54 Å². The zero-order chi connectivity index (χ0) is 21.1. The summed E-state index contributed by atoms with van der Waals surface area (Å²) in [7, 11) is 2.03. The molecule has 2 aromatic heterocycles. The second-order valence-corrected chi connectivity index (χ2v) is 8.77. The summed E-state index contributed by atoms with van der Waals surface area (Å²) in [5.41, 5.74) is 2.03. The van der Waals surface area contributed by atoms with Crippen LogP contribution in [0.1, 0.15) is 30.5 Å². The van der Waals surface area contributed by atoms with Crippen molar-refractivity contribution in [3.63, 3.8) is 0 Å². The van der Waals surface area contributed by atoms with Crippen molar-refractivity contribution < 1.29 is 9.59 Å². The molecule has 1 N–H and O–H groups in total.